The van der Waals surface area contributed by atoms with E-state index in [1.807, 2.05) is 23.8 Å². The molecule has 0 aliphatic rings. The molecule has 0 spiro atoms. The molecular formula is C6H8INS2. The molecule has 0 aliphatic heterocycles. The second kappa shape index (κ2) is 5.15. The van der Waals surface area contributed by atoms with Crippen molar-refractivity contribution < 1.29 is 0 Å². The quantitative estimate of drug-likeness (QED) is 0.478. The highest BCUT2D eigenvalue weighted by molar-refractivity contribution is 14.0. The Labute approximate surface area is 85.8 Å². The van der Waals surface area contributed by atoms with Crippen molar-refractivity contribution in [3.8, 4) is 0 Å². The molecule has 0 fully saturated rings. The largest absolute Gasteiger partial charge is 0.293 e. The maximum absolute atomic E-state index is 7.37. The SMILES string of the molecule is CSC(=N)c1cccs1.I. The molecule has 4 heteroatoms. The van der Waals surface area contributed by atoms with Crippen molar-refractivity contribution in [2.75, 3.05) is 6.26 Å². The average molecular weight is 285 g/mol. The Balaban J connectivity index is 0.000000810. The Morgan fingerprint density at radius 2 is 2.40 bits per heavy atom. The van der Waals surface area contributed by atoms with Crippen molar-refractivity contribution >= 4 is 52.1 Å². The zero-order valence-electron chi connectivity index (χ0n) is 5.46. The van der Waals surface area contributed by atoms with Gasteiger partial charge in [0.1, 0.15) is 5.04 Å². The van der Waals surface area contributed by atoms with Gasteiger partial charge in [0.05, 0.1) is 4.88 Å². The second-order valence-corrected chi connectivity index (χ2v) is 3.27. The first-order chi connectivity index (χ1) is 4.34. The van der Waals surface area contributed by atoms with Gasteiger partial charge < -0.3 is 0 Å². The summed E-state index contributed by atoms with van der Waals surface area (Å²) in [6, 6.07) is 3.92. The van der Waals surface area contributed by atoms with Crippen LogP contribution in [0.2, 0.25) is 0 Å². The number of thiophene rings is 1. The van der Waals surface area contributed by atoms with E-state index in [0.717, 1.165) is 4.88 Å². The van der Waals surface area contributed by atoms with Crippen molar-refractivity contribution in [1.82, 2.24) is 0 Å². The molecule has 0 atom stereocenters. The third-order valence-corrected chi connectivity index (χ3v) is 2.59. The van der Waals surface area contributed by atoms with E-state index in [-0.39, 0.29) is 24.0 Å². The van der Waals surface area contributed by atoms with Crippen LogP contribution in [-0.4, -0.2) is 11.3 Å². The summed E-state index contributed by atoms with van der Waals surface area (Å²) in [7, 11) is 0. The van der Waals surface area contributed by atoms with Crippen molar-refractivity contribution in [2.24, 2.45) is 0 Å². The lowest BCUT2D eigenvalue weighted by Crippen LogP contribution is -1.84. The van der Waals surface area contributed by atoms with Crippen molar-refractivity contribution in [1.29, 1.82) is 5.41 Å². The summed E-state index contributed by atoms with van der Waals surface area (Å²) in [5.74, 6) is 0. The molecule has 1 aromatic rings. The minimum atomic E-state index is 0. The zero-order chi connectivity index (χ0) is 6.69. The third-order valence-electron chi connectivity index (χ3n) is 0.949. The van der Waals surface area contributed by atoms with E-state index in [2.05, 4.69) is 0 Å². The molecule has 10 heavy (non-hydrogen) atoms. The zero-order valence-corrected chi connectivity index (χ0v) is 9.42. The molecule has 0 radical (unpaired) electrons. The predicted molar refractivity (Wildman–Crippen MR) is 60.1 cm³/mol. The van der Waals surface area contributed by atoms with Crippen LogP contribution in [-0.2, 0) is 0 Å². The molecule has 0 saturated heterocycles. The summed E-state index contributed by atoms with van der Waals surface area (Å²) >= 11 is 3.09. The molecule has 1 nitrogen and oxygen atoms in total. The van der Waals surface area contributed by atoms with Gasteiger partial charge in [-0.3, -0.25) is 5.41 Å². The van der Waals surface area contributed by atoms with Gasteiger partial charge in [-0.15, -0.1) is 47.1 Å². The highest BCUT2D eigenvalue weighted by Gasteiger charge is 1.97. The summed E-state index contributed by atoms with van der Waals surface area (Å²) in [6.07, 6.45) is 1.92. The van der Waals surface area contributed by atoms with Gasteiger partial charge >= 0.3 is 0 Å². The molecule has 1 rings (SSSR count). The lowest BCUT2D eigenvalue weighted by molar-refractivity contribution is 1.56. The first-order valence-corrected chi connectivity index (χ1v) is 4.61. The fourth-order valence-electron chi connectivity index (χ4n) is 0.508. The first-order valence-electron chi connectivity index (χ1n) is 2.51. The molecule has 0 unspecified atom stereocenters. The smallest absolute Gasteiger partial charge is 0.104 e. The summed E-state index contributed by atoms with van der Waals surface area (Å²) in [5.41, 5.74) is 0. The molecule has 0 bridgehead atoms. The number of hydrogen-bond acceptors (Lipinski definition) is 3. The van der Waals surface area contributed by atoms with Crippen molar-refractivity contribution in [3.05, 3.63) is 22.4 Å². The number of thioether (sulfide) groups is 1. The molecule has 1 heterocycles. The topological polar surface area (TPSA) is 23.9 Å². The fourth-order valence-corrected chi connectivity index (χ4v) is 1.74. The van der Waals surface area contributed by atoms with Crippen LogP contribution < -0.4 is 0 Å². The molecule has 0 saturated carbocycles. The molecule has 0 aromatic carbocycles. The van der Waals surface area contributed by atoms with Gasteiger partial charge in [-0.05, 0) is 17.7 Å². The Hall–Kier alpha value is 0.450. The van der Waals surface area contributed by atoms with Gasteiger partial charge in [0.25, 0.3) is 0 Å². The number of rotatable bonds is 1. The van der Waals surface area contributed by atoms with Crippen LogP contribution in [0.15, 0.2) is 17.5 Å². The summed E-state index contributed by atoms with van der Waals surface area (Å²) < 4.78 is 0. The minimum Gasteiger partial charge on any atom is -0.293 e. The fraction of sp³-hybridized carbons (Fsp3) is 0.167. The molecule has 1 aromatic heterocycles. The third kappa shape index (κ3) is 2.59. The van der Waals surface area contributed by atoms with Crippen LogP contribution in [0.4, 0.5) is 0 Å². The van der Waals surface area contributed by atoms with E-state index in [9.17, 15) is 0 Å². The van der Waals surface area contributed by atoms with Gasteiger partial charge in [0.15, 0.2) is 0 Å². The predicted octanol–water partition coefficient (Wildman–Crippen LogP) is 3.05. The molecule has 0 amide bonds. The maximum atomic E-state index is 7.37. The Morgan fingerprint density at radius 1 is 1.70 bits per heavy atom. The van der Waals surface area contributed by atoms with Crippen LogP contribution in [0.1, 0.15) is 4.88 Å². The number of halogens is 1. The average Bonchev–Trinajstić information content (AvgIpc) is 2.37. The van der Waals surface area contributed by atoms with Gasteiger partial charge in [-0.25, -0.2) is 0 Å². The van der Waals surface area contributed by atoms with Gasteiger partial charge in [0.2, 0.25) is 0 Å². The first kappa shape index (κ1) is 10.4. The van der Waals surface area contributed by atoms with Crippen LogP contribution in [0.25, 0.3) is 0 Å². The normalized spacial score (nSPS) is 8.50. The lowest BCUT2D eigenvalue weighted by Gasteiger charge is -1.90. The standard InChI is InChI=1S/C6H7NS2.HI/c1-8-6(7)5-3-2-4-9-5;/h2-4,7H,1H3;1H. The number of nitrogens with one attached hydrogen (secondary N) is 1. The molecule has 56 valence electrons. The van der Waals surface area contributed by atoms with E-state index in [1.165, 1.54) is 11.8 Å². The second-order valence-electron chi connectivity index (χ2n) is 1.51. The van der Waals surface area contributed by atoms with Crippen LogP contribution in [0.3, 0.4) is 0 Å². The van der Waals surface area contributed by atoms with E-state index >= 15 is 0 Å². The monoisotopic (exact) mass is 285 g/mol. The Kier molecular flexibility index (Phi) is 5.38. The van der Waals surface area contributed by atoms with Gasteiger partial charge in [-0.2, -0.15) is 0 Å². The number of hydrogen-bond donors (Lipinski definition) is 1. The van der Waals surface area contributed by atoms with Crippen LogP contribution in [0, 0.1) is 5.41 Å². The van der Waals surface area contributed by atoms with E-state index < -0.39 is 0 Å². The molecular weight excluding hydrogens is 277 g/mol. The van der Waals surface area contributed by atoms with Crippen molar-refractivity contribution in [3.63, 3.8) is 0 Å². The Morgan fingerprint density at radius 3 is 2.80 bits per heavy atom. The van der Waals surface area contributed by atoms with Crippen LogP contribution in [0.5, 0.6) is 0 Å². The molecule has 0 aliphatic carbocycles. The Bertz CT molecular complexity index is 196. The summed E-state index contributed by atoms with van der Waals surface area (Å²) in [5, 5.41) is 10.0. The summed E-state index contributed by atoms with van der Waals surface area (Å²) in [4.78, 5) is 1.06. The molecule has 1 N–H and O–H groups in total. The lowest BCUT2D eigenvalue weighted by atomic mass is 10.5. The van der Waals surface area contributed by atoms with Gasteiger partial charge in [-0.1, -0.05) is 6.07 Å². The van der Waals surface area contributed by atoms with E-state index in [0.29, 0.717) is 5.04 Å². The van der Waals surface area contributed by atoms with E-state index in [1.54, 1.807) is 11.3 Å². The summed E-state index contributed by atoms with van der Waals surface area (Å²) in [6.45, 7) is 0. The maximum Gasteiger partial charge on any atom is 0.104 e. The van der Waals surface area contributed by atoms with Crippen LogP contribution >= 0.6 is 47.1 Å². The van der Waals surface area contributed by atoms with Crippen molar-refractivity contribution in [2.45, 2.75) is 0 Å². The van der Waals surface area contributed by atoms with E-state index in [4.69, 9.17) is 5.41 Å². The van der Waals surface area contributed by atoms with Gasteiger partial charge in [0, 0.05) is 0 Å². The highest BCUT2D eigenvalue weighted by Crippen LogP contribution is 2.14. The highest BCUT2D eigenvalue weighted by atomic mass is 127. The minimum absolute atomic E-state index is 0.